The van der Waals surface area contributed by atoms with Gasteiger partial charge in [-0.25, -0.2) is 0 Å². The Bertz CT molecular complexity index is 242. The molecule has 1 saturated carbocycles. The maximum atomic E-state index is 11.1. The van der Waals surface area contributed by atoms with E-state index in [0.717, 1.165) is 12.5 Å². The molecule has 1 aliphatic rings. The van der Waals surface area contributed by atoms with Crippen LogP contribution in [-0.4, -0.2) is 23.2 Å². The Labute approximate surface area is 92.3 Å². The van der Waals surface area contributed by atoms with Crippen molar-refractivity contribution in [3.63, 3.8) is 0 Å². The van der Waals surface area contributed by atoms with E-state index in [9.17, 15) is 4.79 Å². The fourth-order valence-electron chi connectivity index (χ4n) is 1.48. The molecular weight excluding hydrogens is 190 g/mol. The van der Waals surface area contributed by atoms with Gasteiger partial charge in [0.15, 0.2) is 0 Å². The minimum absolute atomic E-state index is 0.367. The van der Waals surface area contributed by atoms with Crippen molar-refractivity contribution in [2.45, 2.75) is 52.5 Å². The largest absolute Gasteiger partial charge is 0.481 e. The highest BCUT2D eigenvalue weighted by atomic mass is 16.4. The summed E-state index contributed by atoms with van der Waals surface area (Å²) >= 11 is 0. The van der Waals surface area contributed by atoms with Crippen molar-refractivity contribution in [1.29, 1.82) is 0 Å². The standard InChI is InChI=1S/C12H23NO2/c1-11(2,10(14)15)12(3,4)13-8-7-9-5-6-9/h9,13H,5-8H2,1-4H3,(H,14,15). The SMILES string of the molecule is CC(C)(NCCC1CC1)C(C)(C)C(=O)O. The molecule has 0 heterocycles. The summed E-state index contributed by atoms with van der Waals surface area (Å²) in [4.78, 5) is 11.1. The van der Waals surface area contributed by atoms with Crippen molar-refractivity contribution in [3.05, 3.63) is 0 Å². The predicted octanol–water partition coefficient (Wildman–Crippen LogP) is 2.27. The highest BCUT2D eigenvalue weighted by Gasteiger charge is 2.43. The average Bonchev–Trinajstić information content (AvgIpc) is 2.87. The number of rotatable bonds is 6. The van der Waals surface area contributed by atoms with Crippen LogP contribution in [-0.2, 0) is 4.79 Å². The highest BCUT2D eigenvalue weighted by molar-refractivity contribution is 5.75. The Kier molecular flexibility index (Phi) is 3.44. The first-order valence-electron chi connectivity index (χ1n) is 5.76. The lowest BCUT2D eigenvalue weighted by Crippen LogP contribution is -2.55. The predicted molar refractivity (Wildman–Crippen MR) is 60.8 cm³/mol. The summed E-state index contributed by atoms with van der Waals surface area (Å²) in [6.07, 6.45) is 3.88. The van der Waals surface area contributed by atoms with Crippen LogP contribution >= 0.6 is 0 Å². The van der Waals surface area contributed by atoms with Crippen LogP contribution in [0.4, 0.5) is 0 Å². The molecular formula is C12H23NO2. The fourth-order valence-corrected chi connectivity index (χ4v) is 1.48. The van der Waals surface area contributed by atoms with Gasteiger partial charge in [-0.1, -0.05) is 12.8 Å². The molecule has 0 unspecified atom stereocenters. The van der Waals surface area contributed by atoms with Gasteiger partial charge in [0.25, 0.3) is 0 Å². The normalized spacial score (nSPS) is 17.9. The van der Waals surface area contributed by atoms with Gasteiger partial charge in [0.2, 0.25) is 0 Å². The Hall–Kier alpha value is -0.570. The molecule has 0 bridgehead atoms. The molecule has 88 valence electrons. The van der Waals surface area contributed by atoms with Gasteiger partial charge in [0.1, 0.15) is 0 Å². The molecule has 0 spiro atoms. The molecule has 0 amide bonds. The van der Waals surface area contributed by atoms with Gasteiger partial charge in [0.05, 0.1) is 5.41 Å². The number of carboxylic acid groups (broad SMARTS) is 1. The quantitative estimate of drug-likeness (QED) is 0.711. The van der Waals surface area contributed by atoms with Gasteiger partial charge >= 0.3 is 5.97 Å². The molecule has 0 saturated heterocycles. The van der Waals surface area contributed by atoms with Crippen molar-refractivity contribution in [1.82, 2.24) is 5.32 Å². The van der Waals surface area contributed by atoms with Gasteiger partial charge in [-0.2, -0.15) is 0 Å². The summed E-state index contributed by atoms with van der Waals surface area (Å²) in [6, 6.07) is 0. The Morgan fingerprint density at radius 1 is 1.33 bits per heavy atom. The second-order valence-electron chi connectivity index (χ2n) is 5.71. The molecule has 0 aromatic heterocycles. The molecule has 15 heavy (non-hydrogen) atoms. The summed E-state index contributed by atoms with van der Waals surface area (Å²) < 4.78 is 0. The summed E-state index contributed by atoms with van der Waals surface area (Å²) in [5.74, 6) is 0.146. The monoisotopic (exact) mass is 213 g/mol. The van der Waals surface area contributed by atoms with Crippen LogP contribution in [0, 0.1) is 11.3 Å². The molecule has 0 aliphatic heterocycles. The second-order valence-corrected chi connectivity index (χ2v) is 5.71. The first kappa shape index (κ1) is 12.5. The molecule has 0 aromatic rings. The van der Waals surface area contributed by atoms with Crippen LogP contribution in [0.5, 0.6) is 0 Å². The molecule has 3 heteroatoms. The maximum absolute atomic E-state index is 11.1. The maximum Gasteiger partial charge on any atom is 0.310 e. The number of aliphatic carboxylic acids is 1. The van der Waals surface area contributed by atoms with Gasteiger partial charge in [-0.3, -0.25) is 4.79 Å². The number of hydrogen-bond donors (Lipinski definition) is 2. The Morgan fingerprint density at radius 2 is 1.87 bits per heavy atom. The smallest absolute Gasteiger partial charge is 0.310 e. The first-order valence-corrected chi connectivity index (χ1v) is 5.76. The van der Waals surface area contributed by atoms with Crippen LogP contribution < -0.4 is 5.32 Å². The lowest BCUT2D eigenvalue weighted by molar-refractivity contribution is -0.151. The Balaban J connectivity index is 2.44. The number of carboxylic acids is 1. The zero-order chi connectivity index (χ0) is 11.7. The van der Waals surface area contributed by atoms with Crippen LogP contribution in [0.1, 0.15) is 47.0 Å². The minimum atomic E-state index is -0.744. The van der Waals surface area contributed by atoms with E-state index < -0.39 is 11.4 Å². The van der Waals surface area contributed by atoms with Gasteiger partial charge < -0.3 is 10.4 Å². The first-order chi connectivity index (χ1) is 6.77. The summed E-state index contributed by atoms with van der Waals surface area (Å²) in [5.41, 5.74) is -1.11. The van der Waals surface area contributed by atoms with Crippen molar-refractivity contribution < 1.29 is 9.90 Å². The van der Waals surface area contributed by atoms with E-state index in [1.165, 1.54) is 19.3 Å². The van der Waals surface area contributed by atoms with Gasteiger partial charge in [-0.05, 0) is 46.6 Å². The highest BCUT2D eigenvalue weighted by Crippen LogP contribution is 2.34. The third-order valence-electron chi connectivity index (χ3n) is 3.91. The second kappa shape index (κ2) is 4.12. The average molecular weight is 213 g/mol. The molecule has 2 N–H and O–H groups in total. The molecule has 3 nitrogen and oxygen atoms in total. The van der Waals surface area contributed by atoms with Crippen molar-refractivity contribution in [3.8, 4) is 0 Å². The summed E-state index contributed by atoms with van der Waals surface area (Å²) in [5, 5.41) is 12.5. The van der Waals surface area contributed by atoms with E-state index in [1.807, 2.05) is 13.8 Å². The van der Waals surface area contributed by atoms with Crippen LogP contribution in [0.25, 0.3) is 0 Å². The topological polar surface area (TPSA) is 49.3 Å². The Morgan fingerprint density at radius 3 is 2.27 bits per heavy atom. The number of nitrogens with one attached hydrogen (secondary N) is 1. The fraction of sp³-hybridized carbons (Fsp3) is 0.917. The zero-order valence-corrected chi connectivity index (χ0v) is 10.3. The lowest BCUT2D eigenvalue weighted by Gasteiger charge is -2.39. The lowest BCUT2D eigenvalue weighted by atomic mass is 9.74. The molecule has 1 rings (SSSR count). The molecule has 1 aliphatic carbocycles. The third-order valence-corrected chi connectivity index (χ3v) is 3.91. The van der Waals surface area contributed by atoms with E-state index in [-0.39, 0.29) is 5.54 Å². The van der Waals surface area contributed by atoms with E-state index in [1.54, 1.807) is 13.8 Å². The van der Waals surface area contributed by atoms with Crippen molar-refractivity contribution in [2.24, 2.45) is 11.3 Å². The van der Waals surface area contributed by atoms with E-state index in [4.69, 9.17) is 5.11 Å². The van der Waals surface area contributed by atoms with E-state index >= 15 is 0 Å². The minimum Gasteiger partial charge on any atom is -0.481 e. The number of hydrogen-bond acceptors (Lipinski definition) is 2. The number of carbonyl (C=O) groups is 1. The molecule has 0 radical (unpaired) electrons. The van der Waals surface area contributed by atoms with Gasteiger partial charge in [-0.15, -0.1) is 0 Å². The van der Waals surface area contributed by atoms with Crippen LogP contribution in [0.15, 0.2) is 0 Å². The summed E-state index contributed by atoms with van der Waals surface area (Å²) in [6.45, 7) is 8.41. The summed E-state index contributed by atoms with van der Waals surface area (Å²) in [7, 11) is 0. The molecule has 1 fully saturated rings. The molecule has 0 aromatic carbocycles. The van der Waals surface area contributed by atoms with Gasteiger partial charge in [0, 0.05) is 5.54 Å². The van der Waals surface area contributed by atoms with Crippen LogP contribution in [0.2, 0.25) is 0 Å². The van der Waals surface area contributed by atoms with Crippen LogP contribution in [0.3, 0.4) is 0 Å². The van der Waals surface area contributed by atoms with Crippen molar-refractivity contribution >= 4 is 5.97 Å². The zero-order valence-electron chi connectivity index (χ0n) is 10.3. The van der Waals surface area contributed by atoms with Crippen molar-refractivity contribution in [2.75, 3.05) is 6.54 Å². The third kappa shape index (κ3) is 2.94. The van der Waals surface area contributed by atoms with E-state index in [2.05, 4.69) is 5.32 Å². The molecule has 0 atom stereocenters. The van der Waals surface area contributed by atoms with E-state index in [0.29, 0.717) is 0 Å².